The maximum absolute atomic E-state index is 11.7. The third kappa shape index (κ3) is 3.22. The quantitative estimate of drug-likeness (QED) is 0.693. The molecule has 0 unspecified atom stereocenters. The van der Waals surface area contributed by atoms with E-state index in [0.717, 1.165) is 5.56 Å². The number of anilines is 1. The number of hydrogen-bond acceptors (Lipinski definition) is 4. The molecule has 4 nitrogen and oxygen atoms in total. The molecule has 0 spiro atoms. The Morgan fingerprint density at radius 3 is 2.55 bits per heavy atom. The van der Waals surface area contributed by atoms with Crippen LogP contribution in [0, 0.1) is 0 Å². The van der Waals surface area contributed by atoms with Crippen LogP contribution in [-0.2, 0) is 11.3 Å². The van der Waals surface area contributed by atoms with Gasteiger partial charge < -0.3 is 15.2 Å². The van der Waals surface area contributed by atoms with E-state index < -0.39 is 5.97 Å². The molecule has 0 saturated heterocycles. The van der Waals surface area contributed by atoms with Gasteiger partial charge in [-0.15, -0.1) is 0 Å². The molecular formula is C15H14ClNO3. The van der Waals surface area contributed by atoms with Gasteiger partial charge in [0.05, 0.1) is 12.8 Å². The molecule has 0 atom stereocenters. The lowest BCUT2D eigenvalue weighted by Gasteiger charge is -2.12. The van der Waals surface area contributed by atoms with Gasteiger partial charge in [-0.2, -0.15) is 0 Å². The molecule has 0 aromatic heterocycles. The van der Waals surface area contributed by atoms with Crippen molar-refractivity contribution < 1.29 is 14.3 Å². The minimum absolute atomic E-state index is 0.287. The average Bonchev–Trinajstić information content (AvgIpc) is 2.46. The number of ether oxygens (including phenoxy) is 2. The number of carbonyl (C=O) groups excluding carboxylic acids is 1. The first kappa shape index (κ1) is 14.2. The topological polar surface area (TPSA) is 61.5 Å². The molecule has 0 heterocycles. The van der Waals surface area contributed by atoms with Crippen molar-refractivity contribution in [2.24, 2.45) is 0 Å². The first-order valence-electron chi connectivity index (χ1n) is 5.96. The summed E-state index contributed by atoms with van der Waals surface area (Å²) in [6.07, 6.45) is 0. The molecule has 2 N–H and O–H groups in total. The van der Waals surface area contributed by atoms with Crippen LogP contribution in [-0.4, -0.2) is 13.1 Å². The number of nitrogens with two attached hydrogens (primary N) is 1. The van der Waals surface area contributed by atoms with E-state index in [4.69, 9.17) is 26.8 Å². The first-order valence-corrected chi connectivity index (χ1v) is 6.33. The standard InChI is InChI=1S/C15H14ClNO3/c1-19-15(18)12-3-2-4-13(17)14(12)20-9-10-5-7-11(16)8-6-10/h2-8H,9,17H2,1H3. The van der Waals surface area contributed by atoms with Gasteiger partial charge in [0.1, 0.15) is 12.2 Å². The second-order valence-electron chi connectivity index (χ2n) is 4.13. The van der Waals surface area contributed by atoms with Crippen LogP contribution >= 0.6 is 11.6 Å². The predicted molar refractivity (Wildman–Crippen MR) is 78.0 cm³/mol. The molecule has 0 bridgehead atoms. The second kappa shape index (κ2) is 6.30. The van der Waals surface area contributed by atoms with E-state index in [1.54, 1.807) is 30.3 Å². The van der Waals surface area contributed by atoms with Crippen molar-refractivity contribution in [3.8, 4) is 5.75 Å². The maximum atomic E-state index is 11.7. The maximum Gasteiger partial charge on any atom is 0.341 e. The molecular weight excluding hydrogens is 278 g/mol. The highest BCUT2D eigenvalue weighted by molar-refractivity contribution is 6.30. The highest BCUT2D eigenvalue weighted by atomic mass is 35.5. The van der Waals surface area contributed by atoms with Crippen molar-refractivity contribution in [2.75, 3.05) is 12.8 Å². The molecule has 2 aromatic carbocycles. The third-order valence-electron chi connectivity index (χ3n) is 2.75. The molecule has 0 aliphatic rings. The number of methoxy groups -OCH3 is 1. The van der Waals surface area contributed by atoms with Crippen LogP contribution in [0.4, 0.5) is 5.69 Å². The van der Waals surface area contributed by atoms with Crippen LogP contribution < -0.4 is 10.5 Å². The molecule has 0 amide bonds. The summed E-state index contributed by atoms with van der Waals surface area (Å²) in [5.41, 5.74) is 7.47. The summed E-state index contributed by atoms with van der Waals surface area (Å²) in [5, 5.41) is 0.656. The third-order valence-corrected chi connectivity index (χ3v) is 3.00. The van der Waals surface area contributed by atoms with E-state index in [9.17, 15) is 4.79 Å². The van der Waals surface area contributed by atoms with Crippen molar-refractivity contribution in [1.29, 1.82) is 0 Å². The van der Waals surface area contributed by atoms with Gasteiger partial charge in [-0.1, -0.05) is 29.8 Å². The van der Waals surface area contributed by atoms with E-state index >= 15 is 0 Å². The summed E-state index contributed by atoms with van der Waals surface area (Å²) in [5.74, 6) is -0.155. The highest BCUT2D eigenvalue weighted by Gasteiger charge is 2.15. The van der Waals surface area contributed by atoms with Crippen molar-refractivity contribution >= 4 is 23.3 Å². The number of hydrogen-bond donors (Lipinski definition) is 1. The van der Waals surface area contributed by atoms with Gasteiger partial charge in [-0.25, -0.2) is 4.79 Å². The van der Waals surface area contributed by atoms with Gasteiger partial charge in [0, 0.05) is 5.02 Å². The normalized spacial score (nSPS) is 10.1. The van der Waals surface area contributed by atoms with Crippen LogP contribution in [0.1, 0.15) is 15.9 Å². The highest BCUT2D eigenvalue weighted by Crippen LogP contribution is 2.28. The van der Waals surface area contributed by atoms with E-state index in [0.29, 0.717) is 22.0 Å². The van der Waals surface area contributed by atoms with E-state index in [1.807, 2.05) is 12.1 Å². The molecule has 0 radical (unpaired) electrons. The molecule has 2 aromatic rings. The van der Waals surface area contributed by atoms with Crippen molar-refractivity contribution in [2.45, 2.75) is 6.61 Å². The van der Waals surface area contributed by atoms with Crippen LogP contribution in [0.2, 0.25) is 5.02 Å². The monoisotopic (exact) mass is 291 g/mol. The second-order valence-corrected chi connectivity index (χ2v) is 4.57. The largest absolute Gasteiger partial charge is 0.486 e. The predicted octanol–water partition coefficient (Wildman–Crippen LogP) is 3.29. The van der Waals surface area contributed by atoms with Crippen LogP contribution in [0.15, 0.2) is 42.5 Å². The first-order chi connectivity index (χ1) is 9.61. The fraction of sp³-hybridized carbons (Fsp3) is 0.133. The Morgan fingerprint density at radius 2 is 1.90 bits per heavy atom. The number of para-hydroxylation sites is 1. The minimum Gasteiger partial charge on any atom is -0.486 e. The Bertz CT molecular complexity index is 611. The Labute approximate surface area is 122 Å². The molecule has 2 rings (SSSR count). The molecule has 104 valence electrons. The van der Waals surface area contributed by atoms with E-state index in [2.05, 4.69) is 0 Å². The summed E-state index contributed by atoms with van der Waals surface area (Å²) in [6.45, 7) is 0.287. The fourth-order valence-electron chi connectivity index (χ4n) is 1.72. The van der Waals surface area contributed by atoms with E-state index in [-0.39, 0.29) is 6.61 Å². The average molecular weight is 292 g/mol. The van der Waals surface area contributed by atoms with Crippen molar-refractivity contribution in [3.63, 3.8) is 0 Å². The lowest BCUT2D eigenvalue weighted by Crippen LogP contribution is -2.08. The van der Waals surface area contributed by atoms with Crippen LogP contribution in [0.5, 0.6) is 5.75 Å². The summed E-state index contributed by atoms with van der Waals surface area (Å²) >= 11 is 5.82. The smallest absolute Gasteiger partial charge is 0.341 e. The number of halogens is 1. The Kier molecular flexibility index (Phi) is 4.48. The molecule has 0 fully saturated rings. The molecule has 0 aliphatic carbocycles. The number of rotatable bonds is 4. The Hall–Kier alpha value is -2.20. The SMILES string of the molecule is COC(=O)c1cccc(N)c1OCc1ccc(Cl)cc1. The Balaban J connectivity index is 2.20. The van der Waals surface area contributed by atoms with Gasteiger partial charge in [0.2, 0.25) is 0 Å². The van der Waals surface area contributed by atoms with Crippen LogP contribution in [0.25, 0.3) is 0 Å². The molecule has 5 heteroatoms. The zero-order valence-corrected chi connectivity index (χ0v) is 11.7. The lowest BCUT2D eigenvalue weighted by atomic mass is 10.1. The lowest BCUT2D eigenvalue weighted by molar-refractivity contribution is 0.0595. The van der Waals surface area contributed by atoms with Gasteiger partial charge >= 0.3 is 5.97 Å². The number of carbonyl (C=O) groups is 1. The van der Waals surface area contributed by atoms with Gasteiger partial charge in [-0.3, -0.25) is 0 Å². The molecule has 20 heavy (non-hydrogen) atoms. The molecule has 0 aliphatic heterocycles. The van der Waals surface area contributed by atoms with E-state index in [1.165, 1.54) is 7.11 Å². The van der Waals surface area contributed by atoms with Gasteiger partial charge in [0.15, 0.2) is 5.75 Å². The zero-order chi connectivity index (χ0) is 14.5. The fourth-order valence-corrected chi connectivity index (χ4v) is 1.85. The summed E-state index contributed by atoms with van der Waals surface area (Å²) in [7, 11) is 1.31. The summed E-state index contributed by atoms with van der Waals surface area (Å²) in [6, 6.07) is 12.2. The van der Waals surface area contributed by atoms with Gasteiger partial charge in [0.25, 0.3) is 0 Å². The number of benzene rings is 2. The summed E-state index contributed by atoms with van der Waals surface area (Å²) in [4.78, 5) is 11.7. The van der Waals surface area contributed by atoms with Gasteiger partial charge in [-0.05, 0) is 29.8 Å². The summed E-state index contributed by atoms with van der Waals surface area (Å²) < 4.78 is 10.4. The van der Waals surface area contributed by atoms with Crippen molar-refractivity contribution in [1.82, 2.24) is 0 Å². The Morgan fingerprint density at radius 1 is 1.20 bits per heavy atom. The van der Waals surface area contributed by atoms with Crippen molar-refractivity contribution in [3.05, 3.63) is 58.6 Å². The zero-order valence-electron chi connectivity index (χ0n) is 10.9. The minimum atomic E-state index is -0.483. The number of nitrogen functional groups attached to an aromatic ring is 1. The molecule has 0 saturated carbocycles. The van der Waals surface area contributed by atoms with Crippen LogP contribution in [0.3, 0.4) is 0 Å². The number of esters is 1.